The molecule has 2 atom stereocenters. The summed E-state index contributed by atoms with van der Waals surface area (Å²) >= 11 is 0. The Kier molecular flexibility index (Phi) is 7.64. The van der Waals surface area contributed by atoms with E-state index in [1.165, 1.54) is 12.8 Å². The summed E-state index contributed by atoms with van der Waals surface area (Å²) in [4.78, 5) is 29.5. The van der Waals surface area contributed by atoms with Crippen molar-refractivity contribution in [1.82, 2.24) is 25.3 Å². The predicted octanol–water partition coefficient (Wildman–Crippen LogP) is 9.57. The Labute approximate surface area is 281 Å². The number of aromatic nitrogens is 4. The second kappa shape index (κ2) is 11.3. The van der Waals surface area contributed by atoms with E-state index in [2.05, 4.69) is 105 Å². The Bertz CT molecular complexity index is 1780. The maximum absolute atomic E-state index is 13.5. The van der Waals surface area contributed by atoms with Crippen LogP contribution in [0.3, 0.4) is 0 Å². The lowest BCUT2D eigenvalue weighted by molar-refractivity contribution is -0.0656. The third kappa shape index (κ3) is 5.83. The Morgan fingerprint density at radius 3 is 1.71 bits per heavy atom. The summed E-state index contributed by atoms with van der Waals surface area (Å²) < 4.78 is 32.6. The fourth-order valence-corrected chi connectivity index (χ4v) is 7.90. The average molecular weight is 656 g/mol. The highest BCUT2D eigenvalue weighted by Crippen LogP contribution is 2.60. The minimum atomic E-state index is -2.66. The Balaban J connectivity index is 1.01. The normalized spacial score (nSPS) is 23.5. The van der Waals surface area contributed by atoms with E-state index in [4.69, 9.17) is 14.7 Å². The van der Waals surface area contributed by atoms with Crippen LogP contribution in [0.5, 0.6) is 0 Å². The SMILES string of the molecule is CC(C)(C)C1(c2ncc(-c3ccc(-c4ccc(-c5cnc(C6(C(C)(C)C)CC6NC(=O)OC6CCC(F)(F)CC6)[nH]5)cc4)cc3)[nH]2)CC1. The molecule has 7 rings (SSSR count). The van der Waals surface area contributed by atoms with Gasteiger partial charge in [-0.2, -0.15) is 0 Å². The molecule has 0 radical (unpaired) electrons. The van der Waals surface area contributed by atoms with E-state index >= 15 is 0 Å². The zero-order valence-electron chi connectivity index (χ0n) is 28.8. The van der Waals surface area contributed by atoms with E-state index in [1.807, 2.05) is 12.4 Å². The van der Waals surface area contributed by atoms with Crippen LogP contribution >= 0.6 is 0 Å². The van der Waals surface area contributed by atoms with Crippen molar-refractivity contribution in [3.63, 3.8) is 0 Å². The number of nitrogens with zero attached hydrogens (tertiary/aromatic N) is 2. The summed E-state index contributed by atoms with van der Waals surface area (Å²) in [6.07, 6.45) is 5.76. The number of alkyl halides is 2. The first-order valence-corrected chi connectivity index (χ1v) is 17.3. The maximum atomic E-state index is 13.5. The average Bonchev–Trinajstić information content (AvgIpc) is 3.87. The van der Waals surface area contributed by atoms with Gasteiger partial charge in [0.15, 0.2) is 0 Å². The summed E-state index contributed by atoms with van der Waals surface area (Å²) in [5, 5.41) is 3.01. The molecule has 3 aliphatic rings. The van der Waals surface area contributed by atoms with Crippen molar-refractivity contribution in [2.75, 3.05) is 0 Å². The lowest BCUT2D eigenvalue weighted by atomic mass is 9.76. The van der Waals surface area contributed by atoms with Crippen molar-refractivity contribution in [2.45, 2.75) is 115 Å². The molecule has 1 amide bonds. The molecular weight excluding hydrogens is 608 g/mol. The van der Waals surface area contributed by atoms with E-state index in [-0.39, 0.29) is 48.0 Å². The van der Waals surface area contributed by atoms with Crippen LogP contribution in [0.4, 0.5) is 13.6 Å². The highest BCUT2D eigenvalue weighted by Gasteiger charge is 2.65. The van der Waals surface area contributed by atoms with Gasteiger partial charge in [-0.05, 0) is 65.2 Å². The van der Waals surface area contributed by atoms with Crippen molar-refractivity contribution in [3.8, 4) is 33.6 Å². The summed E-state index contributed by atoms with van der Waals surface area (Å²) in [6, 6.07) is 16.9. The van der Waals surface area contributed by atoms with Crippen LogP contribution < -0.4 is 5.32 Å². The first-order valence-electron chi connectivity index (χ1n) is 17.3. The van der Waals surface area contributed by atoms with E-state index in [0.717, 1.165) is 45.3 Å². The Hall–Kier alpha value is -4.01. The largest absolute Gasteiger partial charge is 0.446 e. The summed E-state index contributed by atoms with van der Waals surface area (Å²) in [6.45, 7) is 13.3. The van der Waals surface area contributed by atoms with Gasteiger partial charge in [-0.25, -0.2) is 23.5 Å². The topological polar surface area (TPSA) is 95.7 Å². The minimum Gasteiger partial charge on any atom is -0.446 e. The molecule has 2 heterocycles. The van der Waals surface area contributed by atoms with Gasteiger partial charge in [0.1, 0.15) is 17.8 Å². The fourth-order valence-electron chi connectivity index (χ4n) is 7.90. The molecule has 4 aromatic rings. The van der Waals surface area contributed by atoms with Crippen molar-refractivity contribution in [2.24, 2.45) is 10.8 Å². The molecule has 48 heavy (non-hydrogen) atoms. The van der Waals surface area contributed by atoms with Crippen molar-refractivity contribution < 1.29 is 18.3 Å². The number of ether oxygens (including phenoxy) is 1. The number of imidazole rings is 2. The Morgan fingerprint density at radius 2 is 1.23 bits per heavy atom. The van der Waals surface area contributed by atoms with Gasteiger partial charge in [0.05, 0.1) is 29.2 Å². The van der Waals surface area contributed by atoms with E-state index in [9.17, 15) is 13.6 Å². The van der Waals surface area contributed by atoms with Gasteiger partial charge in [0.2, 0.25) is 5.92 Å². The van der Waals surface area contributed by atoms with Crippen LogP contribution in [0.1, 0.15) is 98.1 Å². The second-order valence-corrected chi connectivity index (χ2v) is 16.4. The molecule has 0 aliphatic heterocycles. The number of benzene rings is 2. The van der Waals surface area contributed by atoms with E-state index in [1.54, 1.807) is 0 Å². The second-order valence-electron chi connectivity index (χ2n) is 16.4. The van der Waals surface area contributed by atoms with Crippen molar-refractivity contribution in [1.29, 1.82) is 0 Å². The summed E-state index contributed by atoms with van der Waals surface area (Å²) in [7, 11) is 0. The van der Waals surface area contributed by atoms with E-state index < -0.39 is 23.5 Å². The number of rotatable bonds is 7. The van der Waals surface area contributed by atoms with Gasteiger partial charge in [-0.15, -0.1) is 0 Å². The molecule has 2 unspecified atom stereocenters. The van der Waals surface area contributed by atoms with Crippen molar-refractivity contribution >= 4 is 6.09 Å². The van der Waals surface area contributed by atoms with Gasteiger partial charge in [0.25, 0.3) is 0 Å². The third-order valence-corrected chi connectivity index (χ3v) is 11.5. The monoisotopic (exact) mass is 655 g/mol. The standard InChI is InChI=1S/C39H47F2N5O2/c1-35(2,3)37(19-20-37)32-42-22-29(44-32)26-11-7-24(8-12-26)25-9-13-27(14-10-25)30-23-43-33(45-30)39(36(4,5)6)21-31(39)46-34(47)48-28-15-17-38(40,41)18-16-28/h7-14,22-23,28,31H,15-21H2,1-6H3,(H,42,44)(H,43,45)(H,46,47). The first-order chi connectivity index (χ1) is 22.6. The zero-order chi connectivity index (χ0) is 34.1. The molecule has 0 saturated heterocycles. The number of amides is 1. The number of hydrogen-bond acceptors (Lipinski definition) is 4. The quantitative estimate of drug-likeness (QED) is 0.185. The molecule has 7 nitrogen and oxygen atoms in total. The fraction of sp³-hybridized carbons (Fsp3) is 0.513. The van der Waals surface area contributed by atoms with Gasteiger partial charge < -0.3 is 20.0 Å². The number of halogens is 2. The van der Waals surface area contributed by atoms with Crippen LogP contribution in [0.15, 0.2) is 60.9 Å². The number of nitrogens with one attached hydrogen (secondary N) is 3. The molecule has 254 valence electrons. The summed E-state index contributed by atoms with van der Waals surface area (Å²) in [5.74, 6) is -0.735. The summed E-state index contributed by atoms with van der Waals surface area (Å²) in [5.41, 5.74) is 6.10. The first kappa shape index (κ1) is 32.5. The van der Waals surface area contributed by atoms with Crippen LogP contribution in [-0.2, 0) is 15.6 Å². The lowest BCUT2D eigenvalue weighted by Gasteiger charge is -2.31. The van der Waals surface area contributed by atoms with E-state index in [0.29, 0.717) is 6.42 Å². The third-order valence-electron chi connectivity index (χ3n) is 11.5. The molecule has 3 fully saturated rings. The smallest absolute Gasteiger partial charge is 0.407 e. The zero-order valence-corrected chi connectivity index (χ0v) is 28.8. The number of hydrogen-bond donors (Lipinski definition) is 3. The number of carbonyl (C=O) groups excluding carboxylic acids is 1. The van der Waals surface area contributed by atoms with Crippen LogP contribution in [0, 0.1) is 10.8 Å². The van der Waals surface area contributed by atoms with Crippen molar-refractivity contribution in [3.05, 3.63) is 72.6 Å². The van der Waals surface area contributed by atoms with Gasteiger partial charge in [0, 0.05) is 24.3 Å². The molecule has 0 bridgehead atoms. The Morgan fingerprint density at radius 1 is 0.750 bits per heavy atom. The van der Waals surface area contributed by atoms with Gasteiger partial charge in [-0.1, -0.05) is 90.1 Å². The molecule has 9 heteroatoms. The number of H-pyrrole nitrogens is 2. The van der Waals surface area contributed by atoms with Gasteiger partial charge in [-0.3, -0.25) is 0 Å². The number of carbonyl (C=O) groups is 1. The highest BCUT2D eigenvalue weighted by molar-refractivity contribution is 5.72. The molecule has 3 saturated carbocycles. The molecule has 0 spiro atoms. The van der Waals surface area contributed by atoms with Crippen LogP contribution in [0.25, 0.3) is 33.6 Å². The highest BCUT2D eigenvalue weighted by atomic mass is 19.3. The number of aromatic amines is 2. The minimum absolute atomic E-state index is 0.155. The molecular formula is C39H47F2N5O2. The maximum Gasteiger partial charge on any atom is 0.407 e. The predicted molar refractivity (Wildman–Crippen MR) is 184 cm³/mol. The molecule has 3 N–H and O–H groups in total. The molecule has 3 aliphatic carbocycles. The van der Waals surface area contributed by atoms with Crippen LogP contribution in [-0.4, -0.2) is 44.1 Å². The molecule has 2 aromatic heterocycles. The lowest BCUT2D eigenvalue weighted by Crippen LogP contribution is -2.40. The number of alkyl carbamates (subject to hydrolysis) is 1. The van der Waals surface area contributed by atoms with Crippen LogP contribution in [0.2, 0.25) is 0 Å². The van der Waals surface area contributed by atoms with Gasteiger partial charge >= 0.3 is 6.09 Å². The molecule has 2 aromatic carbocycles.